The minimum Gasteiger partial charge on any atom is -0.376 e. The smallest absolute Gasteiger partial charge is 0.194 e. The van der Waals surface area contributed by atoms with Gasteiger partial charge in [0.05, 0.1) is 26.1 Å². The number of benzene rings is 2. The van der Waals surface area contributed by atoms with E-state index in [0.717, 1.165) is 45.2 Å². The highest BCUT2D eigenvalue weighted by Gasteiger charge is 2.25. The molecule has 0 saturated carbocycles. The van der Waals surface area contributed by atoms with Crippen molar-refractivity contribution >= 4 is 29.9 Å². The third-order valence-electron chi connectivity index (χ3n) is 5.71. The second-order valence-electron chi connectivity index (χ2n) is 8.33. The van der Waals surface area contributed by atoms with E-state index in [4.69, 9.17) is 9.73 Å². The third kappa shape index (κ3) is 7.85. The van der Waals surface area contributed by atoms with Crippen LogP contribution in [0.3, 0.4) is 0 Å². The lowest BCUT2D eigenvalue weighted by atomic mass is 10.1. The summed E-state index contributed by atoms with van der Waals surface area (Å²) < 4.78 is 8.06. The van der Waals surface area contributed by atoms with Gasteiger partial charge >= 0.3 is 0 Å². The standard InChI is InChI=1S/C26H33N5O.HI/c1-2-28-26(29-16-23-9-6-10-24(15-23)17-30-14-12-27-21-30)31-13-11-25(18-31)20-32-19-22-7-4-3-5-8-22;/h3-10,12,14-15,21,25H,2,11,13,16-20H2,1H3,(H,28,29);1H. The molecule has 1 saturated heterocycles. The Morgan fingerprint density at radius 3 is 2.73 bits per heavy atom. The van der Waals surface area contributed by atoms with Crippen LogP contribution in [0, 0.1) is 5.92 Å². The lowest BCUT2D eigenvalue weighted by molar-refractivity contribution is 0.0906. The average Bonchev–Trinajstić information content (AvgIpc) is 3.50. The van der Waals surface area contributed by atoms with Crippen LogP contribution >= 0.6 is 24.0 Å². The fraction of sp³-hybridized carbons (Fsp3) is 0.385. The molecule has 6 nitrogen and oxygen atoms in total. The van der Waals surface area contributed by atoms with Gasteiger partial charge in [-0.25, -0.2) is 9.98 Å². The largest absolute Gasteiger partial charge is 0.376 e. The molecule has 2 heterocycles. The van der Waals surface area contributed by atoms with Crippen LogP contribution in [0.25, 0.3) is 0 Å². The van der Waals surface area contributed by atoms with Crippen molar-refractivity contribution in [1.29, 1.82) is 0 Å². The van der Waals surface area contributed by atoms with Gasteiger partial charge in [0.25, 0.3) is 0 Å². The van der Waals surface area contributed by atoms with E-state index >= 15 is 0 Å². The van der Waals surface area contributed by atoms with Crippen LogP contribution in [-0.4, -0.2) is 46.7 Å². The Labute approximate surface area is 214 Å². The molecule has 1 fully saturated rings. The Balaban J connectivity index is 0.00000306. The van der Waals surface area contributed by atoms with Crippen LogP contribution in [0.15, 0.2) is 78.3 Å². The molecule has 0 bridgehead atoms. The molecule has 7 heteroatoms. The number of halogens is 1. The molecule has 1 aromatic heterocycles. The summed E-state index contributed by atoms with van der Waals surface area (Å²) in [6, 6.07) is 19.0. The van der Waals surface area contributed by atoms with Gasteiger partial charge in [-0.1, -0.05) is 54.6 Å². The van der Waals surface area contributed by atoms with E-state index in [1.807, 2.05) is 24.8 Å². The highest BCUT2D eigenvalue weighted by atomic mass is 127. The molecule has 1 unspecified atom stereocenters. The van der Waals surface area contributed by atoms with E-state index in [2.05, 4.69) is 75.2 Å². The number of nitrogens with zero attached hydrogens (tertiary/aromatic N) is 4. The fourth-order valence-corrected chi connectivity index (χ4v) is 4.09. The van der Waals surface area contributed by atoms with Crippen LogP contribution in [0.2, 0.25) is 0 Å². The molecule has 176 valence electrons. The summed E-state index contributed by atoms with van der Waals surface area (Å²) in [6.07, 6.45) is 6.79. The second-order valence-corrected chi connectivity index (χ2v) is 8.33. The maximum Gasteiger partial charge on any atom is 0.194 e. The van der Waals surface area contributed by atoms with Gasteiger partial charge in [0.1, 0.15) is 0 Å². The van der Waals surface area contributed by atoms with Gasteiger partial charge < -0.3 is 19.5 Å². The minimum atomic E-state index is 0. The van der Waals surface area contributed by atoms with Crippen molar-refractivity contribution in [3.05, 3.63) is 90.0 Å². The van der Waals surface area contributed by atoms with Crippen LogP contribution in [0.5, 0.6) is 0 Å². The molecule has 1 N–H and O–H groups in total. The topological polar surface area (TPSA) is 54.7 Å². The number of hydrogen-bond donors (Lipinski definition) is 1. The number of hydrogen-bond acceptors (Lipinski definition) is 3. The molecule has 1 aliphatic heterocycles. The zero-order chi connectivity index (χ0) is 22.0. The van der Waals surface area contributed by atoms with Crippen LogP contribution in [0.4, 0.5) is 0 Å². The molecule has 0 spiro atoms. The summed E-state index contributed by atoms with van der Waals surface area (Å²) in [5.41, 5.74) is 3.71. The maximum absolute atomic E-state index is 5.98. The van der Waals surface area contributed by atoms with Crippen molar-refractivity contribution in [3.8, 4) is 0 Å². The Morgan fingerprint density at radius 2 is 1.94 bits per heavy atom. The zero-order valence-electron chi connectivity index (χ0n) is 19.3. The van der Waals surface area contributed by atoms with E-state index in [0.29, 0.717) is 19.1 Å². The van der Waals surface area contributed by atoms with Crippen LogP contribution in [0.1, 0.15) is 30.0 Å². The van der Waals surface area contributed by atoms with Crippen LogP contribution < -0.4 is 5.32 Å². The molecule has 1 aliphatic rings. The number of imidazole rings is 1. The minimum absolute atomic E-state index is 0. The lowest BCUT2D eigenvalue weighted by Crippen LogP contribution is -2.40. The molecule has 0 aliphatic carbocycles. The van der Waals surface area contributed by atoms with Gasteiger partial charge in [-0.3, -0.25) is 0 Å². The van der Waals surface area contributed by atoms with Crippen molar-refractivity contribution in [2.75, 3.05) is 26.2 Å². The van der Waals surface area contributed by atoms with Crippen molar-refractivity contribution in [2.45, 2.75) is 33.0 Å². The molecule has 0 amide bonds. The summed E-state index contributed by atoms with van der Waals surface area (Å²) in [5, 5.41) is 3.47. The van der Waals surface area contributed by atoms with E-state index in [9.17, 15) is 0 Å². The number of aliphatic imine (C=N–C) groups is 1. The first-order chi connectivity index (χ1) is 15.8. The van der Waals surface area contributed by atoms with Crippen molar-refractivity contribution in [2.24, 2.45) is 10.9 Å². The quantitative estimate of drug-likeness (QED) is 0.238. The first-order valence-corrected chi connectivity index (χ1v) is 11.5. The Hall–Kier alpha value is -2.39. The number of aromatic nitrogens is 2. The monoisotopic (exact) mass is 559 g/mol. The number of likely N-dealkylation sites (tertiary alicyclic amines) is 1. The maximum atomic E-state index is 5.98. The van der Waals surface area contributed by atoms with E-state index in [1.165, 1.54) is 16.7 Å². The van der Waals surface area contributed by atoms with Gasteiger partial charge in [-0.2, -0.15) is 0 Å². The number of rotatable bonds is 9. The lowest BCUT2D eigenvalue weighted by Gasteiger charge is -2.22. The molecule has 2 aromatic carbocycles. The van der Waals surface area contributed by atoms with Crippen LogP contribution in [-0.2, 0) is 24.4 Å². The summed E-state index contributed by atoms with van der Waals surface area (Å²) >= 11 is 0. The second kappa shape index (κ2) is 13.3. The van der Waals surface area contributed by atoms with Crippen molar-refractivity contribution in [3.63, 3.8) is 0 Å². The van der Waals surface area contributed by atoms with Gasteiger partial charge in [0.15, 0.2) is 5.96 Å². The molecule has 4 rings (SSSR count). The van der Waals surface area contributed by atoms with Crippen molar-refractivity contribution in [1.82, 2.24) is 19.8 Å². The highest BCUT2D eigenvalue weighted by molar-refractivity contribution is 14.0. The van der Waals surface area contributed by atoms with E-state index in [-0.39, 0.29) is 24.0 Å². The molecule has 0 radical (unpaired) electrons. The normalized spacial score (nSPS) is 16.0. The molecular formula is C26H34IN5O. The first-order valence-electron chi connectivity index (χ1n) is 11.5. The van der Waals surface area contributed by atoms with E-state index < -0.39 is 0 Å². The highest BCUT2D eigenvalue weighted by Crippen LogP contribution is 2.18. The van der Waals surface area contributed by atoms with E-state index in [1.54, 1.807) is 0 Å². The summed E-state index contributed by atoms with van der Waals surface area (Å²) in [6.45, 7) is 7.97. The summed E-state index contributed by atoms with van der Waals surface area (Å²) in [7, 11) is 0. The number of nitrogens with one attached hydrogen (secondary N) is 1. The van der Waals surface area contributed by atoms with Gasteiger partial charge in [0.2, 0.25) is 0 Å². The predicted octanol–water partition coefficient (Wildman–Crippen LogP) is 4.55. The van der Waals surface area contributed by atoms with Gasteiger partial charge in [-0.05, 0) is 30.0 Å². The first kappa shape index (κ1) is 25.2. The molecule has 1 atom stereocenters. The SMILES string of the molecule is CCNC(=NCc1cccc(Cn2ccnc2)c1)N1CCC(COCc2ccccc2)C1.I. The predicted molar refractivity (Wildman–Crippen MR) is 144 cm³/mol. The Kier molecular flexibility index (Phi) is 10.2. The number of ether oxygens (including phenoxy) is 1. The molecule has 33 heavy (non-hydrogen) atoms. The van der Waals surface area contributed by atoms with Crippen molar-refractivity contribution < 1.29 is 4.74 Å². The van der Waals surface area contributed by atoms with Gasteiger partial charge in [-0.15, -0.1) is 24.0 Å². The fourth-order valence-electron chi connectivity index (χ4n) is 4.09. The Morgan fingerprint density at radius 1 is 1.12 bits per heavy atom. The summed E-state index contributed by atoms with van der Waals surface area (Å²) in [4.78, 5) is 11.4. The molecule has 3 aromatic rings. The third-order valence-corrected chi connectivity index (χ3v) is 5.71. The average molecular weight is 559 g/mol. The zero-order valence-corrected chi connectivity index (χ0v) is 21.6. The molecular weight excluding hydrogens is 525 g/mol. The van der Waals surface area contributed by atoms with Gasteiger partial charge in [0, 0.05) is 44.5 Å². The Bertz CT molecular complexity index is 977. The summed E-state index contributed by atoms with van der Waals surface area (Å²) in [5.74, 6) is 1.54. The number of guanidine groups is 1.